The third kappa shape index (κ3) is 10.7. The van der Waals surface area contributed by atoms with E-state index in [9.17, 15) is 171 Å². The second-order valence-electron chi connectivity index (χ2n) is 18.5. The van der Waals surface area contributed by atoms with Crippen LogP contribution in [0.5, 0.6) is 0 Å². The van der Waals surface area contributed by atoms with Gasteiger partial charge in [-0.1, -0.05) is 54.6 Å². The van der Waals surface area contributed by atoms with Crippen molar-refractivity contribution in [2.45, 2.75) is 143 Å². The van der Waals surface area contributed by atoms with Crippen LogP contribution in [0.3, 0.4) is 0 Å². The minimum atomic E-state index is -9.49. The lowest BCUT2D eigenvalue weighted by Crippen LogP contribution is -2.74. The van der Waals surface area contributed by atoms with E-state index in [1.807, 2.05) is 0 Å². The van der Waals surface area contributed by atoms with Gasteiger partial charge in [-0.3, -0.25) is 0 Å². The van der Waals surface area contributed by atoms with E-state index >= 15 is 52.7 Å². The summed E-state index contributed by atoms with van der Waals surface area (Å²) < 4.78 is 722. The minimum Gasteiger partial charge on any atom is -0.194 e. The Morgan fingerprint density at radius 1 is 0.160 bits per heavy atom. The molecule has 0 amide bonds. The zero-order valence-corrected chi connectivity index (χ0v) is 42.5. The second-order valence-corrected chi connectivity index (χ2v) is 20.8. The summed E-state index contributed by atoms with van der Waals surface area (Å²) in [5, 5.41) is -7.23. The molecule has 0 radical (unpaired) electrons. The molecule has 0 N–H and O–H groups in total. The molecule has 0 aliphatic heterocycles. The first-order valence-electron chi connectivity index (χ1n) is 21.8. The molecule has 3 rings (SSSR count). The van der Waals surface area contributed by atoms with Crippen molar-refractivity contribution in [3.63, 3.8) is 0 Å². The van der Waals surface area contributed by atoms with Crippen molar-refractivity contribution in [2.24, 2.45) is 0 Å². The summed E-state index contributed by atoms with van der Waals surface area (Å²) in [4.78, 5) is 0. The standard InChI is InChI=1S/C42H12F51P/c43-19(44,22(49,50)25(55,56)28(61,62)31(67,68)34(73,74)37(79,80)40(85,86)87)13-4-1-7-16(10-13)94(17-8-2-5-14(11-17)20(45,46)23(51,52)26(57,58)29(63,64)32(69,70)35(75,76)38(81,82)41(88,89)90)18-9-3-6-15(12-18)21(47,48)24(53,54)27(59,60)30(65,66)33(71,72)36(77,78)39(83,84)42(91,92)93/h1-12H. The fourth-order valence-electron chi connectivity index (χ4n) is 7.00. The van der Waals surface area contributed by atoms with Crippen molar-refractivity contribution in [3.8, 4) is 0 Å². The van der Waals surface area contributed by atoms with E-state index in [2.05, 4.69) is 0 Å². The maximum atomic E-state index is 15.7. The largest absolute Gasteiger partial charge is 0.460 e. The summed E-state index contributed by atoms with van der Waals surface area (Å²) in [5.74, 6) is -190. The van der Waals surface area contributed by atoms with Gasteiger partial charge in [0.2, 0.25) is 0 Å². The highest BCUT2D eigenvalue weighted by Gasteiger charge is 2.99. The molecule has 0 unspecified atom stereocenters. The van der Waals surface area contributed by atoms with Gasteiger partial charge in [0.05, 0.1) is 0 Å². The van der Waals surface area contributed by atoms with E-state index in [0.717, 1.165) is 0 Å². The molecule has 0 aromatic heterocycles. The number of hydrogen-bond donors (Lipinski definition) is 0. The SMILES string of the molecule is FC(F)(F)C(F)(F)C(F)(F)C(F)(F)C(F)(F)C(F)(F)C(F)(F)C(F)(F)c1cccc(P(c2cccc(C(F)(F)C(F)(F)C(F)(F)C(F)(F)C(F)(F)C(F)(F)C(F)(F)C(F)(F)F)c2)c2cccc(C(F)(F)C(F)(F)C(F)(F)C(F)(F)C(F)(F)C(F)(F)C(F)(F)C(F)(F)F)c2)c1. The molecule has 94 heavy (non-hydrogen) atoms. The average Bonchev–Trinajstić information content (AvgIpc) is 0.705. The number of rotatable bonds is 24. The van der Waals surface area contributed by atoms with Gasteiger partial charge < -0.3 is 0 Å². The molecular formula is C42H12F51P. The van der Waals surface area contributed by atoms with Gasteiger partial charge in [0.15, 0.2) is 0 Å². The Balaban J connectivity index is 2.62. The monoisotopic (exact) mass is 1520 g/mol. The number of halogens is 51. The molecular weight excluding hydrogens is 1500 g/mol. The van der Waals surface area contributed by atoms with Crippen LogP contribution in [0.25, 0.3) is 0 Å². The molecule has 3 aromatic rings. The van der Waals surface area contributed by atoms with Crippen molar-refractivity contribution in [1.82, 2.24) is 0 Å². The van der Waals surface area contributed by atoms with Gasteiger partial charge in [0.1, 0.15) is 0 Å². The molecule has 0 saturated carbocycles. The van der Waals surface area contributed by atoms with Gasteiger partial charge in [-0.2, -0.15) is 224 Å². The molecule has 0 aliphatic rings. The lowest BCUT2D eigenvalue weighted by molar-refractivity contribution is -0.462. The lowest BCUT2D eigenvalue weighted by atomic mass is 9.87. The first-order valence-corrected chi connectivity index (χ1v) is 23.1. The van der Waals surface area contributed by atoms with Crippen molar-refractivity contribution in [3.05, 3.63) is 89.5 Å². The summed E-state index contributed by atoms with van der Waals surface area (Å²) in [6.45, 7) is 0. The molecule has 0 fully saturated rings. The Hall–Kier alpha value is -5.48. The summed E-state index contributed by atoms with van der Waals surface area (Å²) in [7, 11) is -5.04. The Bertz CT molecular complexity index is 2880. The predicted molar refractivity (Wildman–Crippen MR) is 204 cm³/mol. The van der Waals surface area contributed by atoms with Crippen molar-refractivity contribution < 1.29 is 224 Å². The molecule has 0 spiro atoms. The van der Waals surface area contributed by atoms with Gasteiger partial charge in [-0.05, 0) is 42.0 Å². The quantitative estimate of drug-likeness (QED) is 0.0619. The van der Waals surface area contributed by atoms with E-state index in [4.69, 9.17) is 0 Å². The molecule has 3 aromatic carbocycles. The van der Waals surface area contributed by atoms with Crippen LogP contribution < -0.4 is 15.9 Å². The molecule has 0 aliphatic carbocycles. The third-order valence-electron chi connectivity index (χ3n) is 12.6. The molecule has 0 heterocycles. The zero-order chi connectivity index (χ0) is 75.5. The molecule has 0 atom stereocenters. The van der Waals surface area contributed by atoms with E-state index in [-0.39, 0.29) is 0 Å². The van der Waals surface area contributed by atoms with Crippen LogP contribution in [-0.4, -0.2) is 125 Å². The predicted octanol–water partition coefficient (Wildman–Crippen LogP) is 19.8. The summed E-state index contributed by atoms with van der Waals surface area (Å²) in [6, 6.07) is -11.4. The first-order chi connectivity index (χ1) is 40.5. The maximum absolute atomic E-state index is 15.7. The topological polar surface area (TPSA) is 0 Å². The highest BCUT2D eigenvalue weighted by Crippen LogP contribution is 2.69. The molecule has 542 valence electrons. The van der Waals surface area contributed by atoms with Gasteiger partial charge in [-0.15, -0.1) is 0 Å². The van der Waals surface area contributed by atoms with Gasteiger partial charge in [0.25, 0.3) is 0 Å². The smallest absolute Gasteiger partial charge is 0.194 e. The summed E-state index contributed by atoms with van der Waals surface area (Å²) in [5.41, 5.74) is -11.0. The Kier molecular flexibility index (Phi) is 19.6. The summed E-state index contributed by atoms with van der Waals surface area (Å²) >= 11 is 0. The highest BCUT2D eigenvalue weighted by atomic mass is 31.1. The van der Waals surface area contributed by atoms with Crippen LogP contribution >= 0.6 is 7.92 Å². The van der Waals surface area contributed by atoms with Crippen LogP contribution in [0, 0.1) is 0 Å². The van der Waals surface area contributed by atoms with E-state index in [0.29, 0.717) is 0 Å². The number of hydrogen-bond acceptors (Lipinski definition) is 0. The molecule has 0 nitrogen and oxygen atoms in total. The van der Waals surface area contributed by atoms with Crippen LogP contribution in [-0.2, 0) is 17.8 Å². The van der Waals surface area contributed by atoms with Crippen LogP contribution in [0.2, 0.25) is 0 Å². The maximum Gasteiger partial charge on any atom is 0.460 e. The first kappa shape index (κ1) is 82.7. The molecule has 52 heteroatoms. The Morgan fingerprint density at radius 3 is 0.426 bits per heavy atom. The van der Waals surface area contributed by atoms with E-state index < -0.39 is 256 Å². The third-order valence-corrected chi connectivity index (χ3v) is 15.0. The zero-order valence-electron chi connectivity index (χ0n) is 41.7. The van der Waals surface area contributed by atoms with E-state index in [1.165, 1.54) is 0 Å². The van der Waals surface area contributed by atoms with Crippen molar-refractivity contribution in [2.75, 3.05) is 0 Å². The highest BCUT2D eigenvalue weighted by molar-refractivity contribution is 7.79. The van der Waals surface area contributed by atoms with Gasteiger partial charge >= 0.3 is 143 Å². The number of benzene rings is 3. The minimum absolute atomic E-state index is 0.523. The van der Waals surface area contributed by atoms with Gasteiger partial charge in [-0.25, -0.2) is 0 Å². The van der Waals surface area contributed by atoms with Crippen molar-refractivity contribution >= 4 is 23.8 Å². The Labute approximate surface area is 480 Å². The molecule has 0 saturated heterocycles. The molecule has 0 bridgehead atoms. The lowest BCUT2D eigenvalue weighted by Gasteiger charge is -2.43. The fraction of sp³-hybridized carbons (Fsp3) is 0.571. The summed E-state index contributed by atoms with van der Waals surface area (Å²) in [6.07, 6.45) is -25.1. The van der Waals surface area contributed by atoms with E-state index in [1.54, 1.807) is 0 Å². The van der Waals surface area contributed by atoms with Crippen molar-refractivity contribution in [1.29, 1.82) is 0 Å². The normalized spacial score (nSPS) is 16.3. The Morgan fingerprint density at radius 2 is 0.287 bits per heavy atom. The van der Waals surface area contributed by atoms with Crippen LogP contribution in [0.15, 0.2) is 72.8 Å². The second kappa shape index (κ2) is 22.3. The van der Waals surface area contributed by atoms with Crippen LogP contribution in [0.4, 0.5) is 224 Å². The number of alkyl halides is 51. The average molecular weight is 1520 g/mol. The fourth-order valence-corrected chi connectivity index (χ4v) is 9.41. The van der Waals surface area contributed by atoms with Gasteiger partial charge in [0, 0.05) is 16.7 Å². The van der Waals surface area contributed by atoms with Crippen LogP contribution in [0.1, 0.15) is 16.7 Å².